The van der Waals surface area contributed by atoms with E-state index in [1.165, 1.54) is 51.9 Å². The Morgan fingerprint density at radius 3 is 2.30 bits per heavy atom. The van der Waals surface area contributed by atoms with Crippen LogP contribution >= 0.6 is 0 Å². The van der Waals surface area contributed by atoms with Gasteiger partial charge in [-0.2, -0.15) is 0 Å². The number of rotatable bonds is 9. The Morgan fingerprint density at radius 1 is 1.00 bits per heavy atom. The van der Waals surface area contributed by atoms with Gasteiger partial charge in [0.25, 0.3) is 0 Å². The quantitative estimate of drug-likeness (QED) is 0.485. The molecule has 0 saturated carbocycles. The monoisotopic (exact) mass is 375 g/mol. The highest BCUT2D eigenvalue weighted by Gasteiger charge is 2.32. The zero-order valence-electron chi connectivity index (χ0n) is 16.5. The number of benzene rings is 1. The maximum atomic E-state index is 12.3. The molecule has 1 aliphatic rings. The van der Waals surface area contributed by atoms with E-state index in [4.69, 9.17) is 14.2 Å². The molecule has 1 heterocycles. The van der Waals surface area contributed by atoms with E-state index in [-0.39, 0.29) is 24.6 Å². The minimum absolute atomic E-state index is 0.0173. The van der Waals surface area contributed by atoms with Gasteiger partial charge < -0.3 is 19.1 Å². The fourth-order valence-corrected chi connectivity index (χ4v) is 3.12. The molecule has 0 saturated heterocycles. The molecular formula is C21H29NO5. The van der Waals surface area contributed by atoms with Crippen LogP contribution in [-0.4, -0.2) is 39.5 Å². The van der Waals surface area contributed by atoms with Gasteiger partial charge in [-0.15, -0.1) is 0 Å². The molecule has 0 N–H and O–H groups in total. The molecule has 27 heavy (non-hydrogen) atoms. The third-order valence-corrected chi connectivity index (χ3v) is 4.65. The second kappa shape index (κ2) is 10.7. The second-order valence-electron chi connectivity index (χ2n) is 6.55. The Bertz CT molecular complexity index is 666. The summed E-state index contributed by atoms with van der Waals surface area (Å²) in [6.07, 6.45) is 7.27. The number of anilines is 1. The first kappa shape index (κ1) is 21.0. The fourth-order valence-electron chi connectivity index (χ4n) is 3.12. The van der Waals surface area contributed by atoms with Gasteiger partial charge in [0.1, 0.15) is 12.4 Å². The third-order valence-electron chi connectivity index (χ3n) is 4.65. The molecule has 0 fully saturated rings. The predicted molar refractivity (Wildman–Crippen MR) is 103 cm³/mol. The van der Waals surface area contributed by atoms with E-state index in [0.29, 0.717) is 0 Å². The first-order chi connectivity index (χ1) is 13.1. The van der Waals surface area contributed by atoms with Crippen molar-refractivity contribution in [2.24, 2.45) is 0 Å². The van der Waals surface area contributed by atoms with Crippen LogP contribution in [0.1, 0.15) is 44.6 Å². The molecule has 0 aromatic heterocycles. The van der Waals surface area contributed by atoms with E-state index < -0.39 is 11.9 Å². The van der Waals surface area contributed by atoms with Crippen molar-refractivity contribution in [2.45, 2.75) is 45.4 Å². The van der Waals surface area contributed by atoms with E-state index in [1.54, 1.807) is 4.90 Å². The lowest BCUT2D eigenvalue weighted by molar-refractivity contribution is -0.140. The van der Waals surface area contributed by atoms with Gasteiger partial charge in [-0.1, -0.05) is 44.7 Å². The number of methoxy groups -OCH3 is 2. The molecular weight excluding hydrogens is 346 g/mol. The lowest BCUT2D eigenvalue weighted by Gasteiger charge is -2.31. The zero-order valence-corrected chi connectivity index (χ0v) is 16.5. The smallest absolute Gasteiger partial charge is 0.355 e. The second-order valence-corrected chi connectivity index (χ2v) is 6.55. The van der Waals surface area contributed by atoms with Crippen LogP contribution < -0.4 is 4.90 Å². The number of aryl methyl sites for hydroxylation is 1. The summed E-state index contributed by atoms with van der Waals surface area (Å²) in [5, 5.41) is 0. The highest BCUT2D eigenvalue weighted by atomic mass is 16.5. The van der Waals surface area contributed by atoms with E-state index >= 15 is 0 Å². The largest absolute Gasteiger partial charge is 0.466 e. The van der Waals surface area contributed by atoms with Crippen molar-refractivity contribution in [3.05, 3.63) is 41.1 Å². The van der Waals surface area contributed by atoms with E-state index in [1.807, 2.05) is 12.1 Å². The Hall–Kier alpha value is -2.34. The van der Waals surface area contributed by atoms with Gasteiger partial charge in [-0.25, -0.2) is 9.59 Å². The zero-order chi connectivity index (χ0) is 19.6. The summed E-state index contributed by atoms with van der Waals surface area (Å²) in [7, 11) is 2.57. The normalized spacial score (nSPS) is 14.3. The highest BCUT2D eigenvalue weighted by molar-refractivity contribution is 6.03. The molecule has 0 unspecified atom stereocenters. The summed E-state index contributed by atoms with van der Waals surface area (Å²) in [6.45, 7) is 2.40. The number of carbonyl (C=O) groups excluding carboxylic acids is 2. The average Bonchev–Trinajstić information content (AvgIpc) is 2.72. The van der Waals surface area contributed by atoms with Crippen molar-refractivity contribution in [3.63, 3.8) is 0 Å². The van der Waals surface area contributed by atoms with Gasteiger partial charge in [0.2, 0.25) is 0 Å². The molecule has 0 radical (unpaired) electrons. The summed E-state index contributed by atoms with van der Waals surface area (Å²) in [5.74, 6) is -1.18. The summed E-state index contributed by atoms with van der Waals surface area (Å²) >= 11 is 0. The average molecular weight is 375 g/mol. The van der Waals surface area contributed by atoms with E-state index in [9.17, 15) is 9.59 Å². The molecule has 1 aliphatic heterocycles. The van der Waals surface area contributed by atoms with Gasteiger partial charge in [0.05, 0.1) is 26.4 Å². The van der Waals surface area contributed by atoms with Crippen LogP contribution in [0.4, 0.5) is 5.69 Å². The molecule has 1 aromatic carbocycles. The number of ether oxygens (including phenoxy) is 3. The minimum atomic E-state index is -0.594. The predicted octanol–water partition coefficient (Wildman–Crippen LogP) is 3.59. The Labute approximate surface area is 161 Å². The van der Waals surface area contributed by atoms with Crippen molar-refractivity contribution >= 4 is 17.6 Å². The molecule has 0 spiro atoms. The topological polar surface area (TPSA) is 65.1 Å². The number of nitrogens with zero attached hydrogens (tertiary/aromatic N) is 1. The van der Waals surface area contributed by atoms with Crippen LogP contribution in [0.15, 0.2) is 35.5 Å². The number of hydrogen-bond acceptors (Lipinski definition) is 6. The van der Waals surface area contributed by atoms with Crippen molar-refractivity contribution in [1.29, 1.82) is 0 Å². The maximum absolute atomic E-state index is 12.3. The van der Waals surface area contributed by atoms with E-state index in [0.717, 1.165) is 12.1 Å². The standard InChI is InChI=1S/C21H29NO5/c1-4-5-6-7-8-9-16-10-12-17(13-11-16)22-15-27-14-18(20(23)25-2)19(22)21(24)26-3/h10-13H,4-9,14-15H2,1-3H3. The molecule has 0 amide bonds. The summed E-state index contributed by atoms with van der Waals surface area (Å²) in [5.41, 5.74) is 2.36. The highest BCUT2D eigenvalue weighted by Crippen LogP contribution is 2.27. The Balaban J connectivity index is 2.15. The Kier molecular flexibility index (Phi) is 8.33. The molecule has 0 atom stereocenters. The SMILES string of the molecule is CCCCCCCc1ccc(N2COCC(C(=O)OC)=C2C(=O)OC)cc1. The molecule has 0 bridgehead atoms. The first-order valence-corrected chi connectivity index (χ1v) is 9.46. The van der Waals surface area contributed by atoms with Gasteiger partial charge in [0.15, 0.2) is 0 Å². The first-order valence-electron chi connectivity index (χ1n) is 9.46. The molecule has 6 nitrogen and oxygen atoms in total. The van der Waals surface area contributed by atoms with Crippen LogP contribution in [0.2, 0.25) is 0 Å². The van der Waals surface area contributed by atoms with Crippen LogP contribution in [0.3, 0.4) is 0 Å². The van der Waals surface area contributed by atoms with E-state index in [2.05, 4.69) is 19.1 Å². The van der Waals surface area contributed by atoms with Crippen LogP contribution in [0.25, 0.3) is 0 Å². The molecule has 6 heteroatoms. The number of esters is 2. The summed E-state index contributed by atoms with van der Waals surface area (Å²) in [6, 6.07) is 7.98. The van der Waals surface area contributed by atoms with Gasteiger partial charge in [0, 0.05) is 5.69 Å². The van der Waals surface area contributed by atoms with Crippen molar-refractivity contribution in [2.75, 3.05) is 32.5 Å². The maximum Gasteiger partial charge on any atom is 0.355 e. The molecule has 2 rings (SSSR count). The van der Waals surface area contributed by atoms with Gasteiger partial charge in [-0.05, 0) is 30.5 Å². The molecule has 1 aromatic rings. The number of unbranched alkanes of at least 4 members (excludes halogenated alkanes) is 4. The molecule has 0 aliphatic carbocycles. The Morgan fingerprint density at radius 2 is 1.67 bits per heavy atom. The van der Waals surface area contributed by atoms with Crippen molar-refractivity contribution < 1.29 is 23.8 Å². The number of carbonyl (C=O) groups is 2. The van der Waals surface area contributed by atoms with Crippen LogP contribution in [0.5, 0.6) is 0 Å². The number of hydrogen-bond donors (Lipinski definition) is 0. The van der Waals surface area contributed by atoms with Gasteiger partial charge >= 0.3 is 11.9 Å². The summed E-state index contributed by atoms with van der Waals surface area (Å²) < 4.78 is 15.1. The van der Waals surface area contributed by atoms with Crippen molar-refractivity contribution in [3.8, 4) is 0 Å². The fraction of sp³-hybridized carbons (Fsp3) is 0.524. The van der Waals surface area contributed by atoms with Crippen LogP contribution in [0, 0.1) is 0 Å². The molecule has 148 valence electrons. The lowest BCUT2D eigenvalue weighted by atomic mass is 10.0. The minimum Gasteiger partial charge on any atom is -0.466 e. The van der Waals surface area contributed by atoms with Crippen molar-refractivity contribution in [1.82, 2.24) is 0 Å². The summed E-state index contributed by atoms with van der Waals surface area (Å²) in [4.78, 5) is 26.0. The lowest BCUT2D eigenvalue weighted by Crippen LogP contribution is -2.38. The third kappa shape index (κ3) is 5.57. The van der Waals surface area contributed by atoms with Crippen LogP contribution in [-0.2, 0) is 30.2 Å². The van der Waals surface area contributed by atoms with Gasteiger partial charge in [-0.3, -0.25) is 0 Å².